The number of nitrogens with one attached hydrogen (secondary N) is 1. The molecule has 9 heteroatoms. The van der Waals surface area contributed by atoms with E-state index < -0.39 is 15.7 Å². The molecule has 1 amide bonds. The van der Waals surface area contributed by atoms with Gasteiger partial charge in [0.15, 0.2) is 15.0 Å². The Labute approximate surface area is 164 Å². The second kappa shape index (κ2) is 6.84. The van der Waals surface area contributed by atoms with Crippen LogP contribution in [0.3, 0.4) is 0 Å². The van der Waals surface area contributed by atoms with Crippen LogP contribution >= 0.6 is 11.3 Å². The Kier molecular flexibility index (Phi) is 4.48. The van der Waals surface area contributed by atoms with Gasteiger partial charge >= 0.3 is 0 Å². The molecule has 0 aliphatic rings. The second-order valence-corrected chi connectivity index (χ2v) is 9.36. The normalized spacial score (nSPS) is 11.6. The molecule has 0 saturated heterocycles. The molecule has 2 heterocycles. The quantitative estimate of drug-likeness (QED) is 0.544. The Morgan fingerprint density at radius 1 is 1.11 bits per heavy atom. The molecule has 4 aromatic rings. The summed E-state index contributed by atoms with van der Waals surface area (Å²) in [5.74, 6) is -0.417. The predicted octanol–water partition coefficient (Wildman–Crippen LogP) is 3.92. The monoisotopic (exact) mass is 413 g/mol. The minimum absolute atomic E-state index is 0.0617. The third-order valence-corrected chi connectivity index (χ3v) is 6.13. The van der Waals surface area contributed by atoms with Crippen LogP contribution in [0.1, 0.15) is 16.1 Å². The van der Waals surface area contributed by atoms with Crippen molar-refractivity contribution < 1.29 is 17.7 Å². The van der Waals surface area contributed by atoms with Gasteiger partial charge in [-0.1, -0.05) is 46.3 Å². The van der Waals surface area contributed by atoms with Crippen LogP contribution in [0.2, 0.25) is 0 Å². The van der Waals surface area contributed by atoms with Crippen LogP contribution in [0, 0.1) is 6.92 Å². The topological polar surface area (TPSA) is 102 Å². The Hall–Kier alpha value is -3.04. The smallest absolute Gasteiger partial charge is 0.296 e. The molecule has 0 radical (unpaired) electrons. The SMILES string of the molecule is Cc1ccc(-c2cc(C(=O)Nc3nc4ccc(S(C)(=O)=O)cc4s3)on2)cc1. The molecule has 2 aromatic heterocycles. The number of carbonyl (C=O) groups is 1. The maximum Gasteiger partial charge on any atom is 0.296 e. The third-order valence-electron chi connectivity index (χ3n) is 4.09. The van der Waals surface area contributed by atoms with E-state index in [0.29, 0.717) is 21.0 Å². The summed E-state index contributed by atoms with van der Waals surface area (Å²) < 4.78 is 29.2. The van der Waals surface area contributed by atoms with Crippen molar-refractivity contribution in [3.05, 3.63) is 59.9 Å². The van der Waals surface area contributed by atoms with Crippen LogP contribution in [0.25, 0.3) is 21.5 Å². The maximum absolute atomic E-state index is 12.4. The van der Waals surface area contributed by atoms with E-state index in [9.17, 15) is 13.2 Å². The molecule has 0 saturated carbocycles. The molecule has 0 aliphatic carbocycles. The minimum Gasteiger partial charge on any atom is -0.350 e. The Bertz CT molecular complexity index is 1290. The van der Waals surface area contributed by atoms with Gasteiger partial charge in [0.1, 0.15) is 5.69 Å². The summed E-state index contributed by atoms with van der Waals surface area (Å²) in [7, 11) is -3.31. The van der Waals surface area contributed by atoms with Crippen molar-refractivity contribution >= 4 is 42.4 Å². The van der Waals surface area contributed by atoms with Gasteiger partial charge in [0.25, 0.3) is 5.91 Å². The zero-order valence-corrected chi connectivity index (χ0v) is 16.6. The van der Waals surface area contributed by atoms with E-state index >= 15 is 0 Å². The zero-order chi connectivity index (χ0) is 19.9. The highest BCUT2D eigenvalue weighted by molar-refractivity contribution is 7.90. The van der Waals surface area contributed by atoms with Crippen LogP contribution in [0.15, 0.2) is 57.9 Å². The molecule has 0 unspecified atom stereocenters. The summed E-state index contributed by atoms with van der Waals surface area (Å²) >= 11 is 1.19. The van der Waals surface area contributed by atoms with Gasteiger partial charge in [0, 0.05) is 17.9 Å². The van der Waals surface area contributed by atoms with Gasteiger partial charge in [-0.05, 0) is 25.1 Å². The predicted molar refractivity (Wildman–Crippen MR) is 107 cm³/mol. The van der Waals surface area contributed by atoms with Crippen LogP contribution in [-0.4, -0.2) is 30.7 Å². The molecule has 2 aromatic carbocycles. The molecular formula is C19H15N3O4S2. The number of aryl methyl sites for hydroxylation is 1. The first kappa shape index (κ1) is 18.3. The van der Waals surface area contributed by atoms with Crippen molar-refractivity contribution in [2.45, 2.75) is 11.8 Å². The molecule has 1 N–H and O–H groups in total. The van der Waals surface area contributed by atoms with Crippen molar-refractivity contribution in [2.75, 3.05) is 11.6 Å². The maximum atomic E-state index is 12.4. The number of hydrogen-bond acceptors (Lipinski definition) is 7. The number of aromatic nitrogens is 2. The summed E-state index contributed by atoms with van der Waals surface area (Å²) in [6, 6.07) is 13.9. The Balaban J connectivity index is 1.56. The van der Waals surface area contributed by atoms with Crippen molar-refractivity contribution in [3.63, 3.8) is 0 Å². The van der Waals surface area contributed by atoms with Gasteiger partial charge in [-0.2, -0.15) is 0 Å². The summed E-state index contributed by atoms with van der Waals surface area (Å²) in [5.41, 5.74) is 3.14. The summed E-state index contributed by atoms with van der Waals surface area (Å²) in [6.45, 7) is 1.99. The van der Waals surface area contributed by atoms with Gasteiger partial charge in [0.2, 0.25) is 5.76 Å². The number of benzene rings is 2. The lowest BCUT2D eigenvalue weighted by Gasteiger charge is -1.96. The number of sulfone groups is 1. The lowest BCUT2D eigenvalue weighted by Crippen LogP contribution is -2.10. The first-order valence-corrected chi connectivity index (χ1v) is 11.0. The van der Waals surface area contributed by atoms with Crippen LogP contribution in [0.5, 0.6) is 0 Å². The molecule has 0 bridgehead atoms. The fourth-order valence-electron chi connectivity index (χ4n) is 2.59. The fourth-order valence-corrected chi connectivity index (χ4v) is 4.21. The Morgan fingerprint density at radius 2 is 1.86 bits per heavy atom. The summed E-state index contributed by atoms with van der Waals surface area (Å²) in [6.07, 6.45) is 1.15. The van der Waals surface area contributed by atoms with E-state index in [1.54, 1.807) is 18.2 Å². The van der Waals surface area contributed by atoms with Crippen molar-refractivity contribution in [2.24, 2.45) is 0 Å². The largest absolute Gasteiger partial charge is 0.350 e. The molecular weight excluding hydrogens is 398 g/mol. The molecule has 28 heavy (non-hydrogen) atoms. The molecule has 0 spiro atoms. The van der Waals surface area contributed by atoms with Crippen LogP contribution in [-0.2, 0) is 9.84 Å². The molecule has 142 valence electrons. The first-order chi connectivity index (χ1) is 13.3. The molecule has 0 fully saturated rings. The zero-order valence-electron chi connectivity index (χ0n) is 15.0. The highest BCUT2D eigenvalue weighted by atomic mass is 32.2. The molecule has 0 atom stereocenters. The van der Waals surface area contributed by atoms with E-state index in [1.165, 1.54) is 17.4 Å². The third kappa shape index (κ3) is 3.67. The lowest BCUT2D eigenvalue weighted by atomic mass is 10.1. The highest BCUT2D eigenvalue weighted by Gasteiger charge is 2.17. The van der Waals surface area contributed by atoms with Crippen molar-refractivity contribution in [3.8, 4) is 11.3 Å². The van der Waals surface area contributed by atoms with Gasteiger partial charge < -0.3 is 4.52 Å². The highest BCUT2D eigenvalue weighted by Crippen LogP contribution is 2.29. The first-order valence-electron chi connectivity index (χ1n) is 8.25. The summed E-state index contributed by atoms with van der Waals surface area (Å²) in [4.78, 5) is 17.0. The number of anilines is 1. The van der Waals surface area contributed by atoms with Crippen molar-refractivity contribution in [1.82, 2.24) is 10.1 Å². The van der Waals surface area contributed by atoms with Crippen LogP contribution in [0.4, 0.5) is 5.13 Å². The second-order valence-electron chi connectivity index (χ2n) is 6.32. The molecule has 4 rings (SSSR count). The number of fused-ring (bicyclic) bond motifs is 1. The fraction of sp³-hybridized carbons (Fsp3) is 0.105. The average molecular weight is 413 g/mol. The van der Waals surface area contributed by atoms with Crippen LogP contribution < -0.4 is 5.32 Å². The van der Waals surface area contributed by atoms with E-state index in [4.69, 9.17) is 4.52 Å². The summed E-state index contributed by atoms with van der Waals surface area (Å²) in [5, 5.41) is 6.95. The standard InChI is InChI=1S/C19H15N3O4S2/c1-11-3-5-12(6-4-11)15-10-16(26-22-15)18(23)21-19-20-14-8-7-13(28(2,24)25)9-17(14)27-19/h3-10H,1-2H3,(H,20,21,23). The van der Waals surface area contributed by atoms with Gasteiger partial charge in [-0.15, -0.1) is 0 Å². The average Bonchev–Trinajstić information content (AvgIpc) is 3.27. The number of carbonyl (C=O) groups excluding carboxylic acids is 1. The Morgan fingerprint density at radius 3 is 2.57 bits per heavy atom. The number of thiazole rings is 1. The number of rotatable bonds is 4. The molecule has 0 aliphatic heterocycles. The van der Waals surface area contributed by atoms with Gasteiger partial charge in [-0.25, -0.2) is 13.4 Å². The number of amides is 1. The van der Waals surface area contributed by atoms with Crippen molar-refractivity contribution in [1.29, 1.82) is 0 Å². The van der Waals surface area contributed by atoms with E-state index in [0.717, 1.165) is 17.4 Å². The number of hydrogen-bond donors (Lipinski definition) is 1. The van der Waals surface area contributed by atoms with E-state index in [-0.39, 0.29) is 10.7 Å². The van der Waals surface area contributed by atoms with Gasteiger partial charge in [0.05, 0.1) is 15.1 Å². The van der Waals surface area contributed by atoms with E-state index in [2.05, 4.69) is 15.5 Å². The minimum atomic E-state index is -3.31. The lowest BCUT2D eigenvalue weighted by molar-refractivity contribution is 0.0988. The molecule has 7 nitrogen and oxygen atoms in total. The van der Waals surface area contributed by atoms with Gasteiger partial charge in [-0.3, -0.25) is 10.1 Å². The van der Waals surface area contributed by atoms with E-state index in [1.807, 2.05) is 31.2 Å². The number of nitrogens with zero attached hydrogens (tertiary/aromatic N) is 2.